The number of benzene rings is 1. The van der Waals surface area contributed by atoms with Crippen molar-refractivity contribution >= 4 is 38.2 Å². The highest BCUT2D eigenvalue weighted by atomic mass is 32.2. The summed E-state index contributed by atoms with van der Waals surface area (Å²) in [6, 6.07) is 6.53. The van der Waals surface area contributed by atoms with Gasteiger partial charge in [0.2, 0.25) is 5.13 Å². The number of anilines is 2. The largest absolute Gasteiger partial charge is 0.296 e. The van der Waals surface area contributed by atoms with Crippen LogP contribution in [0.4, 0.5) is 10.9 Å². The molecule has 0 aliphatic rings. The van der Waals surface area contributed by atoms with Gasteiger partial charge in [0.05, 0.1) is 11.1 Å². The molecule has 0 bridgehead atoms. The number of nitrogens with one attached hydrogen (secondary N) is 1. The van der Waals surface area contributed by atoms with Crippen molar-refractivity contribution in [2.75, 3.05) is 16.7 Å². The molecule has 0 aliphatic carbocycles. The van der Waals surface area contributed by atoms with Crippen molar-refractivity contribution < 1.29 is 13.2 Å². The molecular weight excluding hydrogens is 436 g/mol. The standard InChI is InChI=1S/C20H26N6O3S2/c1-6-14(7-2)18-23-24-20(30-18)22-17(27)16-12-21-25(4)19(16)26(5)31(28,29)15-10-8-13(3)9-11-15/h8-12,14H,6-7H2,1-5H3,(H,22,24,27). The van der Waals surface area contributed by atoms with E-state index in [2.05, 4.69) is 34.5 Å². The third-order valence-electron chi connectivity index (χ3n) is 5.13. The lowest BCUT2D eigenvalue weighted by atomic mass is 10.1. The van der Waals surface area contributed by atoms with Crippen LogP contribution in [0.3, 0.4) is 0 Å². The molecule has 0 fully saturated rings. The molecule has 0 saturated carbocycles. The second-order valence-corrected chi connectivity index (χ2v) is 10.2. The third-order valence-corrected chi connectivity index (χ3v) is 7.89. The molecule has 11 heteroatoms. The van der Waals surface area contributed by atoms with Crippen molar-refractivity contribution in [3.63, 3.8) is 0 Å². The van der Waals surface area contributed by atoms with Gasteiger partial charge >= 0.3 is 0 Å². The fourth-order valence-corrected chi connectivity index (χ4v) is 5.44. The molecule has 0 aliphatic heterocycles. The van der Waals surface area contributed by atoms with Crippen molar-refractivity contribution in [3.8, 4) is 0 Å². The van der Waals surface area contributed by atoms with Gasteiger partial charge in [-0.25, -0.2) is 8.42 Å². The molecule has 0 saturated heterocycles. The number of hydrogen-bond donors (Lipinski definition) is 1. The minimum Gasteiger partial charge on any atom is -0.296 e. The molecule has 0 radical (unpaired) electrons. The van der Waals surface area contributed by atoms with Crippen molar-refractivity contribution in [1.29, 1.82) is 0 Å². The lowest BCUT2D eigenvalue weighted by Gasteiger charge is -2.20. The maximum Gasteiger partial charge on any atom is 0.265 e. The lowest BCUT2D eigenvalue weighted by molar-refractivity contribution is 0.102. The molecular formula is C20H26N6O3S2. The molecule has 3 aromatic rings. The first-order chi connectivity index (χ1) is 14.7. The first-order valence-corrected chi connectivity index (χ1v) is 12.2. The highest BCUT2D eigenvalue weighted by molar-refractivity contribution is 7.92. The van der Waals surface area contributed by atoms with Crippen LogP contribution in [0.1, 0.15) is 53.5 Å². The highest BCUT2D eigenvalue weighted by Gasteiger charge is 2.29. The molecule has 0 atom stereocenters. The summed E-state index contributed by atoms with van der Waals surface area (Å²) >= 11 is 1.32. The van der Waals surface area contributed by atoms with Gasteiger partial charge in [0.25, 0.3) is 15.9 Å². The van der Waals surface area contributed by atoms with E-state index in [1.54, 1.807) is 19.2 Å². The molecule has 0 spiro atoms. The van der Waals surface area contributed by atoms with Gasteiger partial charge in [-0.15, -0.1) is 10.2 Å². The number of hydrogen-bond acceptors (Lipinski definition) is 7. The average molecular weight is 463 g/mol. The molecule has 166 valence electrons. The SMILES string of the molecule is CCC(CC)c1nnc(NC(=O)c2cnn(C)c2N(C)S(=O)(=O)c2ccc(C)cc2)s1. The zero-order valence-corrected chi connectivity index (χ0v) is 19.8. The Morgan fingerprint density at radius 3 is 2.45 bits per heavy atom. The normalized spacial score (nSPS) is 11.7. The van der Waals surface area contributed by atoms with Crippen molar-refractivity contribution in [3.05, 3.63) is 46.6 Å². The van der Waals surface area contributed by atoms with Crippen LogP contribution < -0.4 is 9.62 Å². The number of aryl methyl sites for hydroxylation is 2. The highest BCUT2D eigenvalue weighted by Crippen LogP contribution is 2.30. The third kappa shape index (κ3) is 4.62. The van der Waals surface area contributed by atoms with E-state index in [-0.39, 0.29) is 16.3 Å². The molecule has 3 rings (SSSR count). The van der Waals surface area contributed by atoms with E-state index in [0.717, 1.165) is 27.7 Å². The average Bonchev–Trinajstić information content (AvgIpc) is 3.35. The Labute approximate surface area is 186 Å². The van der Waals surface area contributed by atoms with Crippen molar-refractivity contribution in [2.24, 2.45) is 7.05 Å². The van der Waals surface area contributed by atoms with E-state index in [9.17, 15) is 13.2 Å². The molecule has 1 amide bonds. The molecule has 1 aromatic carbocycles. The summed E-state index contributed by atoms with van der Waals surface area (Å²) in [4.78, 5) is 13.1. The zero-order valence-electron chi connectivity index (χ0n) is 18.2. The fourth-order valence-electron chi connectivity index (χ4n) is 3.20. The van der Waals surface area contributed by atoms with E-state index >= 15 is 0 Å². The second kappa shape index (κ2) is 9.15. The van der Waals surface area contributed by atoms with Gasteiger partial charge in [-0.2, -0.15) is 5.10 Å². The van der Waals surface area contributed by atoms with Crippen LogP contribution in [0.25, 0.3) is 0 Å². The quantitative estimate of drug-likeness (QED) is 0.548. The van der Waals surface area contributed by atoms with Crippen molar-refractivity contribution in [2.45, 2.75) is 44.4 Å². The Bertz CT molecular complexity index is 1160. The maximum absolute atomic E-state index is 13.1. The Morgan fingerprint density at radius 1 is 1.19 bits per heavy atom. The number of nitrogens with zero attached hydrogens (tertiary/aromatic N) is 5. The van der Waals surface area contributed by atoms with Crippen LogP contribution >= 0.6 is 11.3 Å². The van der Waals surface area contributed by atoms with Gasteiger partial charge in [-0.3, -0.25) is 19.1 Å². The number of rotatable bonds is 8. The smallest absolute Gasteiger partial charge is 0.265 e. The van der Waals surface area contributed by atoms with Crippen LogP contribution in [0.2, 0.25) is 0 Å². The Balaban J connectivity index is 1.88. The zero-order chi connectivity index (χ0) is 22.8. The second-order valence-electron chi connectivity index (χ2n) is 7.20. The van der Waals surface area contributed by atoms with Gasteiger partial charge in [0.1, 0.15) is 10.6 Å². The van der Waals surface area contributed by atoms with E-state index in [4.69, 9.17) is 0 Å². The van der Waals surface area contributed by atoms with Crippen LogP contribution in [0, 0.1) is 6.92 Å². The summed E-state index contributed by atoms with van der Waals surface area (Å²) in [6.45, 7) is 6.05. The van der Waals surface area contributed by atoms with Gasteiger partial charge in [0, 0.05) is 20.0 Å². The van der Waals surface area contributed by atoms with Crippen LogP contribution in [-0.2, 0) is 17.1 Å². The summed E-state index contributed by atoms with van der Waals surface area (Å²) in [5, 5.41) is 16.3. The summed E-state index contributed by atoms with van der Waals surface area (Å²) in [6.07, 6.45) is 3.22. The minimum atomic E-state index is -3.88. The van der Waals surface area contributed by atoms with E-state index in [1.807, 2.05) is 6.92 Å². The summed E-state index contributed by atoms with van der Waals surface area (Å²) in [7, 11) is -0.888. The molecule has 9 nitrogen and oxygen atoms in total. The number of amides is 1. The number of sulfonamides is 1. The molecule has 31 heavy (non-hydrogen) atoms. The molecule has 1 N–H and O–H groups in total. The monoisotopic (exact) mass is 462 g/mol. The Hall–Kier alpha value is -2.79. The number of carbonyl (C=O) groups is 1. The number of carbonyl (C=O) groups excluding carboxylic acids is 1. The topological polar surface area (TPSA) is 110 Å². The Morgan fingerprint density at radius 2 is 1.84 bits per heavy atom. The Kier molecular flexibility index (Phi) is 6.75. The van der Waals surface area contributed by atoms with Gasteiger partial charge < -0.3 is 0 Å². The molecule has 2 aromatic heterocycles. The fraction of sp³-hybridized carbons (Fsp3) is 0.400. The van der Waals surface area contributed by atoms with E-state index in [1.165, 1.54) is 41.4 Å². The van der Waals surface area contributed by atoms with Crippen LogP contribution in [0.5, 0.6) is 0 Å². The molecule has 2 heterocycles. The minimum absolute atomic E-state index is 0.125. The maximum atomic E-state index is 13.1. The van der Waals surface area contributed by atoms with Crippen LogP contribution in [-0.4, -0.2) is 41.4 Å². The van der Waals surface area contributed by atoms with Crippen molar-refractivity contribution in [1.82, 2.24) is 20.0 Å². The van der Waals surface area contributed by atoms with Crippen LogP contribution in [0.15, 0.2) is 35.4 Å². The van der Waals surface area contributed by atoms with E-state index < -0.39 is 15.9 Å². The first-order valence-electron chi connectivity index (χ1n) is 9.91. The summed E-state index contributed by atoms with van der Waals surface area (Å²) < 4.78 is 28.6. The summed E-state index contributed by atoms with van der Waals surface area (Å²) in [5.41, 5.74) is 1.08. The lowest BCUT2D eigenvalue weighted by Crippen LogP contribution is -2.30. The van der Waals surface area contributed by atoms with Gasteiger partial charge in [-0.1, -0.05) is 42.9 Å². The van der Waals surface area contributed by atoms with Gasteiger partial charge in [-0.05, 0) is 31.9 Å². The summed E-state index contributed by atoms with van der Waals surface area (Å²) in [5.74, 6) is -0.0491. The molecule has 0 unspecified atom stereocenters. The number of aromatic nitrogens is 4. The van der Waals surface area contributed by atoms with E-state index in [0.29, 0.717) is 11.0 Å². The van der Waals surface area contributed by atoms with Gasteiger partial charge in [0.15, 0.2) is 5.82 Å². The predicted molar refractivity (Wildman–Crippen MR) is 121 cm³/mol. The predicted octanol–water partition coefficient (Wildman–Crippen LogP) is 3.56. The first kappa shape index (κ1) is 22.9.